The highest BCUT2D eigenvalue weighted by Crippen LogP contribution is 2.37. The average molecular weight is 444 g/mol. The molecule has 3 heterocycles. The molecule has 0 saturated carbocycles. The quantitative estimate of drug-likeness (QED) is 0.626. The van der Waals surface area contributed by atoms with Crippen LogP contribution in [0, 0.1) is 0 Å². The van der Waals surface area contributed by atoms with Crippen LogP contribution in [0.5, 0.6) is 11.5 Å². The van der Waals surface area contributed by atoms with Crippen LogP contribution in [-0.4, -0.2) is 79.2 Å². The third-order valence-electron chi connectivity index (χ3n) is 5.26. The van der Waals surface area contributed by atoms with Crippen LogP contribution in [0.25, 0.3) is 0 Å². The van der Waals surface area contributed by atoms with Gasteiger partial charge in [0.1, 0.15) is 6.61 Å². The lowest BCUT2D eigenvalue weighted by atomic mass is 10.1. The lowest BCUT2D eigenvalue weighted by Gasteiger charge is -2.33. The summed E-state index contributed by atoms with van der Waals surface area (Å²) in [7, 11) is 1.53. The third-order valence-corrected chi connectivity index (χ3v) is 5.26. The fourth-order valence-corrected chi connectivity index (χ4v) is 3.62. The highest BCUT2D eigenvalue weighted by atomic mass is 16.7. The highest BCUT2D eigenvalue weighted by molar-refractivity contribution is 6.05. The fourth-order valence-electron chi connectivity index (χ4n) is 3.62. The first kappa shape index (κ1) is 21.8. The predicted octanol–water partition coefficient (Wildman–Crippen LogP) is 1.15. The smallest absolute Gasteiger partial charge is 0.276 e. The maximum Gasteiger partial charge on any atom is 0.276 e. The van der Waals surface area contributed by atoms with E-state index < -0.39 is 0 Å². The molecule has 11 nitrogen and oxygen atoms in total. The third kappa shape index (κ3) is 4.73. The molecule has 0 bridgehead atoms. The number of amides is 2. The first-order valence-electron chi connectivity index (χ1n) is 10.1. The number of carbonyl (C=O) groups excluding carboxylic acids is 3. The molecule has 11 heteroatoms. The van der Waals surface area contributed by atoms with Crippen LogP contribution in [0.3, 0.4) is 0 Å². The molecular weight excluding hydrogens is 420 g/mol. The van der Waals surface area contributed by atoms with Crippen LogP contribution in [0.1, 0.15) is 33.5 Å². The van der Waals surface area contributed by atoms with E-state index in [2.05, 4.69) is 10.5 Å². The van der Waals surface area contributed by atoms with E-state index in [1.807, 2.05) is 4.90 Å². The van der Waals surface area contributed by atoms with Crippen molar-refractivity contribution in [3.05, 3.63) is 35.2 Å². The monoisotopic (exact) mass is 444 g/mol. The molecule has 4 rings (SSSR count). The average Bonchev–Trinajstić information content (AvgIpc) is 3.42. The van der Waals surface area contributed by atoms with Crippen molar-refractivity contribution in [2.24, 2.45) is 0 Å². The van der Waals surface area contributed by atoms with Crippen LogP contribution < -0.4 is 14.8 Å². The molecule has 1 aromatic carbocycles. The number of fused-ring (bicyclic) bond motifs is 1. The Hall–Kier alpha value is -3.44. The Kier molecular flexibility index (Phi) is 6.37. The molecule has 32 heavy (non-hydrogen) atoms. The molecule has 2 aliphatic rings. The summed E-state index contributed by atoms with van der Waals surface area (Å²) >= 11 is 0. The van der Waals surface area contributed by atoms with Crippen LogP contribution in [-0.2, 0) is 16.1 Å². The number of ether oxygens (including phenoxy) is 3. The number of rotatable bonds is 7. The predicted molar refractivity (Wildman–Crippen MR) is 111 cm³/mol. The topological polar surface area (TPSA) is 123 Å². The number of Topliss-reactive ketones (excluding diaryl/α,β-unsaturated/α-hetero) is 1. The van der Waals surface area contributed by atoms with Crippen molar-refractivity contribution in [1.29, 1.82) is 0 Å². The Balaban J connectivity index is 1.31. The second-order valence-electron chi connectivity index (χ2n) is 7.54. The van der Waals surface area contributed by atoms with Gasteiger partial charge < -0.3 is 29.0 Å². The first-order valence-corrected chi connectivity index (χ1v) is 10.1. The van der Waals surface area contributed by atoms with Gasteiger partial charge in [-0.15, -0.1) is 0 Å². The molecule has 1 saturated heterocycles. The van der Waals surface area contributed by atoms with E-state index in [1.165, 1.54) is 14.0 Å². The van der Waals surface area contributed by atoms with Crippen molar-refractivity contribution in [3.8, 4) is 11.5 Å². The second kappa shape index (κ2) is 9.37. The zero-order valence-corrected chi connectivity index (χ0v) is 17.9. The van der Waals surface area contributed by atoms with Crippen molar-refractivity contribution in [1.82, 2.24) is 15.0 Å². The summed E-state index contributed by atoms with van der Waals surface area (Å²) in [5, 5.41) is 6.59. The van der Waals surface area contributed by atoms with Gasteiger partial charge in [0, 0.05) is 51.0 Å². The lowest BCUT2D eigenvalue weighted by molar-refractivity contribution is -0.117. The number of carbonyl (C=O) groups is 3. The standard InChI is InChI=1S/C21H24N4O7/c1-13(26)15-8-18-19(31-12-30-18)9-16(15)22-20(27)10-24-3-5-25(6-4-24)21(28)17-7-14(11-29-2)32-23-17/h7-9H,3-6,10-12H2,1-2H3,(H,22,27). The number of anilines is 1. The number of hydrogen-bond acceptors (Lipinski definition) is 9. The van der Waals surface area contributed by atoms with Crippen molar-refractivity contribution >= 4 is 23.3 Å². The molecule has 0 atom stereocenters. The number of aromatic nitrogens is 1. The summed E-state index contributed by atoms with van der Waals surface area (Å²) in [6.07, 6.45) is 0. The van der Waals surface area contributed by atoms with E-state index in [4.69, 9.17) is 18.7 Å². The molecule has 1 aromatic heterocycles. The molecule has 0 aliphatic carbocycles. The van der Waals surface area contributed by atoms with Crippen molar-refractivity contribution in [2.75, 3.05) is 51.9 Å². The van der Waals surface area contributed by atoms with E-state index in [9.17, 15) is 14.4 Å². The number of hydrogen-bond donors (Lipinski definition) is 1. The summed E-state index contributed by atoms with van der Waals surface area (Å²) < 4.78 is 20.7. The van der Waals surface area contributed by atoms with Gasteiger partial charge in [0.05, 0.1) is 12.2 Å². The molecule has 2 amide bonds. The minimum atomic E-state index is -0.258. The van der Waals surface area contributed by atoms with Gasteiger partial charge in [-0.1, -0.05) is 5.16 Å². The van der Waals surface area contributed by atoms with Crippen molar-refractivity contribution < 1.29 is 33.1 Å². The Morgan fingerprint density at radius 1 is 1.09 bits per heavy atom. The Bertz CT molecular complexity index is 1030. The summed E-state index contributed by atoms with van der Waals surface area (Å²) in [5.74, 6) is 0.791. The largest absolute Gasteiger partial charge is 0.454 e. The first-order chi connectivity index (χ1) is 15.4. The van der Waals surface area contributed by atoms with Gasteiger partial charge in [-0.2, -0.15) is 0 Å². The number of piperazine rings is 1. The van der Waals surface area contributed by atoms with E-state index in [-0.39, 0.29) is 43.2 Å². The summed E-state index contributed by atoms with van der Waals surface area (Å²) in [6, 6.07) is 4.75. The van der Waals surface area contributed by atoms with E-state index in [1.54, 1.807) is 23.1 Å². The van der Waals surface area contributed by atoms with Crippen LogP contribution in [0.15, 0.2) is 22.7 Å². The number of benzene rings is 1. The van der Waals surface area contributed by atoms with Gasteiger partial charge in [0.2, 0.25) is 12.7 Å². The Labute approximate surface area is 184 Å². The summed E-state index contributed by atoms with van der Waals surface area (Å²) in [4.78, 5) is 40.8. The molecule has 0 spiro atoms. The molecule has 2 aromatic rings. The minimum Gasteiger partial charge on any atom is -0.454 e. The van der Waals surface area contributed by atoms with Crippen LogP contribution in [0.2, 0.25) is 0 Å². The Morgan fingerprint density at radius 3 is 2.50 bits per heavy atom. The zero-order chi connectivity index (χ0) is 22.7. The fraction of sp³-hybridized carbons (Fsp3) is 0.429. The minimum absolute atomic E-state index is 0.0785. The van der Waals surface area contributed by atoms with Gasteiger partial charge in [0.25, 0.3) is 5.91 Å². The SMILES string of the molecule is COCc1cc(C(=O)N2CCN(CC(=O)Nc3cc4c(cc3C(C)=O)OCO4)CC2)no1. The van der Waals surface area contributed by atoms with E-state index in [0.717, 1.165) is 0 Å². The van der Waals surface area contributed by atoms with Gasteiger partial charge in [-0.3, -0.25) is 19.3 Å². The van der Waals surface area contributed by atoms with Crippen LogP contribution >= 0.6 is 0 Å². The van der Waals surface area contributed by atoms with Crippen molar-refractivity contribution in [2.45, 2.75) is 13.5 Å². The maximum absolute atomic E-state index is 12.6. The highest BCUT2D eigenvalue weighted by Gasteiger charge is 2.26. The van der Waals surface area contributed by atoms with Gasteiger partial charge in [-0.25, -0.2) is 0 Å². The van der Waals surface area contributed by atoms with Crippen molar-refractivity contribution in [3.63, 3.8) is 0 Å². The van der Waals surface area contributed by atoms with Gasteiger partial charge >= 0.3 is 0 Å². The number of nitrogens with one attached hydrogen (secondary N) is 1. The molecule has 2 aliphatic heterocycles. The maximum atomic E-state index is 12.6. The zero-order valence-electron chi connectivity index (χ0n) is 17.9. The van der Waals surface area contributed by atoms with Gasteiger partial charge in [-0.05, 0) is 13.0 Å². The molecule has 1 fully saturated rings. The Morgan fingerprint density at radius 2 is 1.81 bits per heavy atom. The molecule has 0 radical (unpaired) electrons. The summed E-state index contributed by atoms with van der Waals surface area (Å²) in [6.45, 7) is 3.87. The van der Waals surface area contributed by atoms with E-state index >= 15 is 0 Å². The van der Waals surface area contributed by atoms with E-state index in [0.29, 0.717) is 54.7 Å². The second-order valence-corrected chi connectivity index (χ2v) is 7.54. The lowest BCUT2D eigenvalue weighted by Crippen LogP contribution is -2.50. The number of methoxy groups -OCH3 is 1. The molecule has 1 N–H and O–H groups in total. The normalized spacial score (nSPS) is 15.6. The summed E-state index contributed by atoms with van der Waals surface area (Å²) in [5.41, 5.74) is 0.986. The molecule has 0 unspecified atom stereocenters. The molecular formula is C21H24N4O7. The molecule has 170 valence electrons. The van der Waals surface area contributed by atoms with Gasteiger partial charge in [0.15, 0.2) is 28.7 Å². The van der Waals surface area contributed by atoms with Crippen LogP contribution in [0.4, 0.5) is 5.69 Å². The number of nitrogens with zero attached hydrogens (tertiary/aromatic N) is 3. The number of ketones is 1.